The fraction of sp³-hybridized carbons (Fsp3) is 0.500. The molecular formula is C14H20BrNO2. The van der Waals surface area contributed by atoms with Gasteiger partial charge >= 0.3 is 0 Å². The molecule has 1 rings (SSSR count). The topological polar surface area (TPSA) is 38.3 Å². The Hall–Kier alpha value is -1.03. The lowest BCUT2D eigenvalue weighted by atomic mass is 10.1. The molecule has 0 aliphatic rings. The van der Waals surface area contributed by atoms with E-state index in [1.165, 1.54) is 12.8 Å². The van der Waals surface area contributed by atoms with Crippen molar-refractivity contribution >= 4 is 21.8 Å². The van der Waals surface area contributed by atoms with E-state index in [2.05, 4.69) is 28.2 Å². The van der Waals surface area contributed by atoms with E-state index in [1.807, 2.05) is 6.07 Å². The zero-order chi connectivity index (χ0) is 13.4. The smallest absolute Gasteiger partial charge is 0.255 e. The SMILES string of the molecule is CCCCCCNC(=O)c1ccc(Br)cc1OC. The minimum atomic E-state index is -0.0733. The highest BCUT2D eigenvalue weighted by atomic mass is 79.9. The van der Waals surface area contributed by atoms with Crippen LogP contribution in [0.4, 0.5) is 0 Å². The Balaban J connectivity index is 2.51. The van der Waals surface area contributed by atoms with E-state index in [9.17, 15) is 4.79 Å². The molecule has 0 aromatic heterocycles. The Morgan fingerprint density at radius 3 is 2.78 bits per heavy atom. The zero-order valence-corrected chi connectivity index (χ0v) is 12.5. The van der Waals surface area contributed by atoms with Crippen molar-refractivity contribution in [1.82, 2.24) is 5.32 Å². The molecule has 0 radical (unpaired) electrons. The van der Waals surface area contributed by atoms with Crippen LogP contribution in [0.15, 0.2) is 22.7 Å². The van der Waals surface area contributed by atoms with Gasteiger partial charge in [0.2, 0.25) is 0 Å². The average Bonchev–Trinajstić information content (AvgIpc) is 2.38. The molecule has 0 heterocycles. The van der Waals surface area contributed by atoms with E-state index in [0.717, 1.165) is 23.9 Å². The predicted molar refractivity (Wildman–Crippen MR) is 77.2 cm³/mol. The second-order valence-electron chi connectivity index (χ2n) is 4.16. The van der Waals surface area contributed by atoms with Crippen LogP contribution in [0.1, 0.15) is 43.0 Å². The van der Waals surface area contributed by atoms with E-state index in [1.54, 1.807) is 19.2 Å². The fourth-order valence-electron chi connectivity index (χ4n) is 1.70. The molecule has 0 saturated carbocycles. The van der Waals surface area contributed by atoms with Crippen molar-refractivity contribution in [3.8, 4) is 5.75 Å². The number of ether oxygens (including phenoxy) is 1. The molecule has 4 heteroatoms. The van der Waals surface area contributed by atoms with Gasteiger partial charge in [-0.05, 0) is 24.6 Å². The van der Waals surface area contributed by atoms with Gasteiger partial charge in [0.05, 0.1) is 12.7 Å². The van der Waals surface area contributed by atoms with Gasteiger partial charge in [-0.1, -0.05) is 42.1 Å². The third kappa shape index (κ3) is 4.69. The summed E-state index contributed by atoms with van der Waals surface area (Å²) in [6, 6.07) is 5.41. The molecule has 1 aromatic rings. The number of halogens is 1. The summed E-state index contributed by atoms with van der Waals surface area (Å²) in [5, 5.41) is 2.92. The van der Waals surface area contributed by atoms with Crippen LogP contribution in [0.2, 0.25) is 0 Å². The van der Waals surface area contributed by atoms with Crippen LogP contribution in [0.3, 0.4) is 0 Å². The number of methoxy groups -OCH3 is 1. The van der Waals surface area contributed by atoms with Crippen LogP contribution in [0.25, 0.3) is 0 Å². The van der Waals surface area contributed by atoms with E-state index < -0.39 is 0 Å². The highest BCUT2D eigenvalue weighted by Gasteiger charge is 2.11. The number of amides is 1. The van der Waals surface area contributed by atoms with E-state index in [-0.39, 0.29) is 5.91 Å². The average molecular weight is 314 g/mol. The third-order valence-electron chi connectivity index (χ3n) is 2.72. The molecule has 0 unspecified atom stereocenters. The molecular weight excluding hydrogens is 294 g/mol. The summed E-state index contributed by atoms with van der Waals surface area (Å²) in [6.07, 6.45) is 4.61. The molecule has 1 amide bonds. The molecule has 0 fully saturated rings. The van der Waals surface area contributed by atoms with Crippen molar-refractivity contribution in [3.05, 3.63) is 28.2 Å². The van der Waals surface area contributed by atoms with Gasteiger partial charge in [-0.2, -0.15) is 0 Å². The highest BCUT2D eigenvalue weighted by molar-refractivity contribution is 9.10. The second-order valence-corrected chi connectivity index (χ2v) is 5.08. The summed E-state index contributed by atoms with van der Waals surface area (Å²) in [6.45, 7) is 2.89. The van der Waals surface area contributed by atoms with Gasteiger partial charge in [-0.15, -0.1) is 0 Å². The van der Waals surface area contributed by atoms with Crippen molar-refractivity contribution in [3.63, 3.8) is 0 Å². The van der Waals surface area contributed by atoms with Crippen LogP contribution < -0.4 is 10.1 Å². The Labute approximate surface area is 117 Å². The normalized spacial score (nSPS) is 10.2. The summed E-state index contributed by atoms with van der Waals surface area (Å²) in [4.78, 5) is 12.0. The number of hydrogen-bond donors (Lipinski definition) is 1. The summed E-state index contributed by atoms with van der Waals surface area (Å²) >= 11 is 3.36. The van der Waals surface area contributed by atoms with Crippen molar-refractivity contribution in [2.24, 2.45) is 0 Å². The molecule has 0 aliphatic heterocycles. The quantitative estimate of drug-likeness (QED) is 0.778. The Bertz CT molecular complexity index is 393. The lowest BCUT2D eigenvalue weighted by Gasteiger charge is -2.09. The van der Waals surface area contributed by atoms with Crippen LogP contribution >= 0.6 is 15.9 Å². The summed E-state index contributed by atoms with van der Waals surface area (Å²) in [7, 11) is 1.57. The highest BCUT2D eigenvalue weighted by Crippen LogP contribution is 2.23. The maximum Gasteiger partial charge on any atom is 0.255 e. The number of benzene rings is 1. The number of rotatable bonds is 7. The van der Waals surface area contributed by atoms with Gasteiger partial charge in [-0.3, -0.25) is 4.79 Å². The number of carbonyl (C=O) groups is 1. The molecule has 1 aromatic carbocycles. The van der Waals surface area contributed by atoms with Gasteiger partial charge in [-0.25, -0.2) is 0 Å². The van der Waals surface area contributed by atoms with Crippen molar-refractivity contribution in [2.45, 2.75) is 32.6 Å². The third-order valence-corrected chi connectivity index (χ3v) is 3.22. The van der Waals surface area contributed by atoms with Gasteiger partial charge in [0.15, 0.2) is 0 Å². The maximum atomic E-state index is 12.0. The number of hydrogen-bond acceptors (Lipinski definition) is 2. The predicted octanol–water partition coefficient (Wildman–Crippen LogP) is 3.77. The number of unbranched alkanes of at least 4 members (excludes halogenated alkanes) is 3. The number of nitrogens with one attached hydrogen (secondary N) is 1. The van der Waals surface area contributed by atoms with Crippen LogP contribution in [-0.2, 0) is 0 Å². The fourth-order valence-corrected chi connectivity index (χ4v) is 2.04. The van der Waals surface area contributed by atoms with Crippen LogP contribution in [0, 0.1) is 0 Å². The van der Waals surface area contributed by atoms with Gasteiger partial charge in [0.25, 0.3) is 5.91 Å². The first kappa shape index (κ1) is 15.0. The van der Waals surface area contributed by atoms with Gasteiger partial charge in [0, 0.05) is 11.0 Å². The zero-order valence-electron chi connectivity index (χ0n) is 11.0. The first-order valence-electron chi connectivity index (χ1n) is 6.30. The maximum absolute atomic E-state index is 12.0. The van der Waals surface area contributed by atoms with E-state index >= 15 is 0 Å². The molecule has 0 spiro atoms. The van der Waals surface area contributed by atoms with Gasteiger partial charge < -0.3 is 10.1 Å². The Morgan fingerprint density at radius 2 is 2.11 bits per heavy atom. The molecule has 0 atom stereocenters. The van der Waals surface area contributed by atoms with Gasteiger partial charge in [0.1, 0.15) is 5.75 Å². The summed E-state index contributed by atoms with van der Waals surface area (Å²) < 4.78 is 6.10. The van der Waals surface area contributed by atoms with Crippen LogP contribution in [-0.4, -0.2) is 19.6 Å². The largest absolute Gasteiger partial charge is 0.496 e. The van der Waals surface area contributed by atoms with E-state index in [0.29, 0.717) is 11.3 Å². The lowest BCUT2D eigenvalue weighted by Crippen LogP contribution is -2.24. The molecule has 1 N–H and O–H groups in total. The van der Waals surface area contributed by atoms with Crippen molar-refractivity contribution in [1.29, 1.82) is 0 Å². The molecule has 0 saturated heterocycles. The molecule has 0 bridgehead atoms. The lowest BCUT2D eigenvalue weighted by molar-refractivity contribution is 0.0950. The summed E-state index contributed by atoms with van der Waals surface area (Å²) in [5.74, 6) is 0.520. The molecule has 3 nitrogen and oxygen atoms in total. The van der Waals surface area contributed by atoms with Crippen molar-refractivity contribution in [2.75, 3.05) is 13.7 Å². The monoisotopic (exact) mass is 313 g/mol. The molecule has 18 heavy (non-hydrogen) atoms. The molecule has 0 aliphatic carbocycles. The first-order chi connectivity index (χ1) is 8.69. The van der Waals surface area contributed by atoms with Crippen LogP contribution in [0.5, 0.6) is 5.75 Å². The number of carbonyl (C=O) groups excluding carboxylic acids is 1. The Morgan fingerprint density at radius 1 is 1.33 bits per heavy atom. The minimum Gasteiger partial charge on any atom is -0.496 e. The summed E-state index contributed by atoms with van der Waals surface area (Å²) in [5.41, 5.74) is 0.580. The van der Waals surface area contributed by atoms with E-state index in [4.69, 9.17) is 4.74 Å². The minimum absolute atomic E-state index is 0.0733. The van der Waals surface area contributed by atoms with Crippen molar-refractivity contribution < 1.29 is 9.53 Å². The first-order valence-corrected chi connectivity index (χ1v) is 7.10. The molecule has 100 valence electrons. The Kier molecular flexibility index (Phi) is 6.80. The second kappa shape index (κ2) is 8.14. The standard InChI is InChI=1S/C14H20BrNO2/c1-3-4-5-6-9-16-14(17)12-8-7-11(15)10-13(12)18-2/h7-8,10H,3-6,9H2,1-2H3,(H,16,17).